The fourth-order valence-corrected chi connectivity index (χ4v) is 4.31. The number of nitrogens with zero attached hydrogens (tertiary/aromatic N) is 1. The monoisotopic (exact) mass is 403 g/mol. The Hall–Kier alpha value is -2.80. The van der Waals surface area contributed by atoms with Gasteiger partial charge in [0.25, 0.3) is 0 Å². The molecule has 1 aliphatic rings. The Morgan fingerprint density at radius 2 is 1.96 bits per heavy atom. The SMILES string of the molecule is O=C(C=Cc1ccco1)N1CCc2sccc2C1c1ccc(C(F)(F)F)cc1. The molecule has 0 N–H and O–H groups in total. The van der Waals surface area contributed by atoms with Crippen molar-refractivity contribution in [2.45, 2.75) is 18.6 Å². The van der Waals surface area contributed by atoms with E-state index in [1.807, 2.05) is 11.4 Å². The summed E-state index contributed by atoms with van der Waals surface area (Å²) in [6.45, 7) is 0.501. The first-order valence-corrected chi connectivity index (χ1v) is 9.57. The molecule has 1 unspecified atom stereocenters. The molecule has 7 heteroatoms. The molecule has 0 bridgehead atoms. The first kappa shape index (κ1) is 18.6. The zero-order valence-corrected chi connectivity index (χ0v) is 15.5. The standard InChI is InChI=1S/C21H16F3NO2S/c22-21(23,24)15-5-3-14(4-6-15)20-17-10-13-28-18(17)9-11-25(20)19(26)8-7-16-2-1-12-27-16/h1-8,10,12-13,20H,9,11H2. The van der Waals surface area contributed by atoms with Crippen molar-refractivity contribution in [2.75, 3.05) is 6.54 Å². The van der Waals surface area contributed by atoms with Crippen molar-refractivity contribution in [3.8, 4) is 0 Å². The summed E-state index contributed by atoms with van der Waals surface area (Å²) in [4.78, 5) is 15.7. The molecular weight excluding hydrogens is 387 g/mol. The van der Waals surface area contributed by atoms with Crippen LogP contribution < -0.4 is 0 Å². The van der Waals surface area contributed by atoms with Crippen molar-refractivity contribution in [1.82, 2.24) is 4.90 Å². The average Bonchev–Trinajstić information content (AvgIpc) is 3.36. The van der Waals surface area contributed by atoms with Crippen LogP contribution >= 0.6 is 11.3 Å². The molecule has 0 spiro atoms. The summed E-state index contributed by atoms with van der Waals surface area (Å²) < 4.78 is 43.9. The number of fused-ring (bicyclic) bond motifs is 1. The molecular formula is C21H16F3NO2S. The lowest BCUT2D eigenvalue weighted by Gasteiger charge is -2.35. The lowest BCUT2D eigenvalue weighted by atomic mass is 9.92. The molecule has 2 aromatic heterocycles. The highest BCUT2D eigenvalue weighted by molar-refractivity contribution is 7.10. The second kappa shape index (κ2) is 7.31. The predicted molar refractivity (Wildman–Crippen MR) is 101 cm³/mol. The Bertz CT molecular complexity index is 988. The minimum atomic E-state index is -4.39. The number of amides is 1. The van der Waals surface area contributed by atoms with E-state index in [1.54, 1.807) is 34.4 Å². The van der Waals surface area contributed by atoms with Gasteiger partial charge in [0.1, 0.15) is 5.76 Å². The maximum Gasteiger partial charge on any atom is 0.416 e. The first-order valence-electron chi connectivity index (χ1n) is 8.69. The van der Waals surface area contributed by atoms with E-state index in [2.05, 4.69) is 0 Å². The first-order chi connectivity index (χ1) is 13.4. The van der Waals surface area contributed by atoms with Gasteiger partial charge in [-0.3, -0.25) is 4.79 Å². The molecule has 0 radical (unpaired) electrons. The average molecular weight is 403 g/mol. The molecule has 0 saturated heterocycles. The molecule has 1 atom stereocenters. The molecule has 0 aliphatic carbocycles. The Morgan fingerprint density at radius 3 is 2.64 bits per heavy atom. The summed E-state index contributed by atoms with van der Waals surface area (Å²) in [7, 11) is 0. The van der Waals surface area contributed by atoms with Gasteiger partial charge in [-0.2, -0.15) is 13.2 Å². The Labute approximate surface area is 163 Å². The minimum absolute atomic E-state index is 0.210. The highest BCUT2D eigenvalue weighted by Crippen LogP contribution is 2.39. The molecule has 1 aromatic carbocycles. The third-order valence-electron chi connectivity index (χ3n) is 4.74. The molecule has 3 heterocycles. The third kappa shape index (κ3) is 3.62. The summed E-state index contributed by atoms with van der Waals surface area (Å²) in [5, 5.41) is 1.95. The van der Waals surface area contributed by atoms with Crippen molar-refractivity contribution >= 4 is 23.3 Å². The lowest BCUT2D eigenvalue weighted by molar-refractivity contribution is -0.137. The summed E-state index contributed by atoms with van der Waals surface area (Å²) in [6.07, 6.45) is 0.890. The quantitative estimate of drug-likeness (QED) is 0.538. The van der Waals surface area contributed by atoms with Gasteiger partial charge in [-0.05, 0) is 59.3 Å². The lowest BCUT2D eigenvalue weighted by Crippen LogP contribution is -2.39. The van der Waals surface area contributed by atoms with Crippen molar-refractivity contribution in [3.05, 3.63) is 87.5 Å². The second-order valence-electron chi connectivity index (χ2n) is 6.45. The van der Waals surface area contributed by atoms with Crippen molar-refractivity contribution in [2.24, 2.45) is 0 Å². The number of hydrogen-bond acceptors (Lipinski definition) is 3. The summed E-state index contributed by atoms with van der Waals surface area (Å²) >= 11 is 1.61. The second-order valence-corrected chi connectivity index (χ2v) is 7.45. The smallest absolute Gasteiger partial charge is 0.416 e. The van der Waals surface area contributed by atoms with Gasteiger partial charge in [0, 0.05) is 17.5 Å². The zero-order chi connectivity index (χ0) is 19.7. The fraction of sp³-hybridized carbons (Fsp3) is 0.190. The topological polar surface area (TPSA) is 33.5 Å². The van der Waals surface area contributed by atoms with Gasteiger partial charge in [0.15, 0.2) is 0 Å². The summed E-state index contributed by atoms with van der Waals surface area (Å²) in [6, 6.07) is 10.0. The fourth-order valence-electron chi connectivity index (χ4n) is 3.40. The van der Waals surface area contributed by atoms with Crippen LogP contribution in [0.25, 0.3) is 6.08 Å². The van der Waals surface area contributed by atoms with Crippen LogP contribution in [0.2, 0.25) is 0 Å². The Kier molecular flexibility index (Phi) is 4.85. The van der Waals surface area contributed by atoms with Crippen molar-refractivity contribution < 1.29 is 22.4 Å². The van der Waals surface area contributed by atoms with Gasteiger partial charge in [-0.25, -0.2) is 0 Å². The molecule has 3 aromatic rings. The molecule has 1 amide bonds. The normalized spacial score (nSPS) is 17.1. The maximum absolute atomic E-state index is 12.9. The van der Waals surface area contributed by atoms with E-state index in [0.717, 1.165) is 29.0 Å². The largest absolute Gasteiger partial charge is 0.465 e. The third-order valence-corrected chi connectivity index (χ3v) is 5.73. The highest BCUT2D eigenvalue weighted by Gasteiger charge is 2.34. The van der Waals surface area contributed by atoms with E-state index in [4.69, 9.17) is 4.42 Å². The van der Waals surface area contributed by atoms with E-state index in [1.165, 1.54) is 24.5 Å². The van der Waals surface area contributed by atoms with Crippen LogP contribution in [0, 0.1) is 0 Å². The number of hydrogen-bond donors (Lipinski definition) is 0. The number of rotatable bonds is 3. The minimum Gasteiger partial charge on any atom is -0.465 e. The van der Waals surface area contributed by atoms with Gasteiger partial charge in [-0.15, -0.1) is 11.3 Å². The Morgan fingerprint density at radius 1 is 1.18 bits per heavy atom. The number of furan rings is 1. The van der Waals surface area contributed by atoms with Gasteiger partial charge in [0.05, 0.1) is 17.9 Å². The van der Waals surface area contributed by atoms with Crippen molar-refractivity contribution in [1.29, 1.82) is 0 Å². The number of carbonyl (C=O) groups excluding carboxylic acids is 1. The van der Waals surface area contributed by atoms with Gasteiger partial charge < -0.3 is 9.32 Å². The molecule has 0 saturated carbocycles. The van der Waals surface area contributed by atoms with Crippen LogP contribution in [0.15, 0.2) is 64.6 Å². The molecule has 1 aliphatic heterocycles. The van der Waals surface area contributed by atoms with Crippen LogP contribution in [-0.4, -0.2) is 17.4 Å². The van der Waals surface area contributed by atoms with Gasteiger partial charge in [0.2, 0.25) is 5.91 Å². The molecule has 3 nitrogen and oxygen atoms in total. The van der Waals surface area contributed by atoms with E-state index in [0.29, 0.717) is 17.9 Å². The Balaban J connectivity index is 1.67. The van der Waals surface area contributed by atoms with Crippen molar-refractivity contribution in [3.63, 3.8) is 0 Å². The van der Waals surface area contributed by atoms with Crippen LogP contribution in [0.4, 0.5) is 13.2 Å². The maximum atomic E-state index is 12.9. The molecule has 0 fully saturated rings. The molecule has 144 valence electrons. The number of thiophene rings is 1. The van der Waals surface area contributed by atoms with Crippen LogP contribution in [0.5, 0.6) is 0 Å². The summed E-state index contributed by atoms with van der Waals surface area (Å²) in [5.41, 5.74) is 0.927. The van der Waals surface area contributed by atoms with Gasteiger partial charge in [-0.1, -0.05) is 12.1 Å². The number of benzene rings is 1. The van der Waals surface area contributed by atoms with E-state index in [9.17, 15) is 18.0 Å². The van der Waals surface area contributed by atoms with Crippen LogP contribution in [0.3, 0.4) is 0 Å². The highest BCUT2D eigenvalue weighted by atomic mass is 32.1. The van der Waals surface area contributed by atoms with E-state index < -0.39 is 17.8 Å². The molecule has 4 rings (SSSR count). The van der Waals surface area contributed by atoms with Crippen LogP contribution in [-0.2, 0) is 17.4 Å². The van der Waals surface area contributed by atoms with Crippen LogP contribution in [0.1, 0.15) is 33.4 Å². The van der Waals surface area contributed by atoms with E-state index in [-0.39, 0.29) is 5.91 Å². The van der Waals surface area contributed by atoms with Gasteiger partial charge >= 0.3 is 6.18 Å². The number of alkyl halides is 3. The predicted octanol–water partition coefficient (Wildman–Crippen LogP) is 5.55. The number of halogens is 3. The number of carbonyl (C=O) groups is 1. The summed E-state index contributed by atoms with van der Waals surface area (Å²) in [5.74, 6) is 0.353. The van der Waals surface area contributed by atoms with E-state index >= 15 is 0 Å². The molecule has 28 heavy (non-hydrogen) atoms. The zero-order valence-electron chi connectivity index (χ0n) is 14.6.